The largest absolute Gasteiger partial charge is 0.361 e. The van der Waals surface area contributed by atoms with E-state index in [9.17, 15) is 4.79 Å². The van der Waals surface area contributed by atoms with Crippen LogP contribution in [0.3, 0.4) is 0 Å². The van der Waals surface area contributed by atoms with Gasteiger partial charge in [0.1, 0.15) is 0 Å². The van der Waals surface area contributed by atoms with Crippen molar-refractivity contribution in [1.29, 1.82) is 0 Å². The molecule has 2 rings (SSSR count). The maximum atomic E-state index is 11.5. The zero-order chi connectivity index (χ0) is 10.9. The first-order chi connectivity index (χ1) is 7.10. The fourth-order valence-corrected chi connectivity index (χ4v) is 1.30. The standard InChI is InChI=1S/C12H11ClO2/c1-12(8-15-12)11(14)7-4-9-2-5-10(13)6-3-9/h2-7H,8H2,1H3/b7-4+/t12-/m1/s1. The number of ether oxygens (including phenoxy) is 1. The number of hydrogen-bond donors (Lipinski definition) is 0. The van der Waals surface area contributed by atoms with Gasteiger partial charge in [0.15, 0.2) is 11.4 Å². The van der Waals surface area contributed by atoms with E-state index < -0.39 is 5.60 Å². The van der Waals surface area contributed by atoms with E-state index in [1.54, 1.807) is 31.2 Å². The molecular weight excluding hydrogens is 212 g/mol. The number of ketones is 1. The summed E-state index contributed by atoms with van der Waals surface area (Å²) < 4.78 is 5.04. The third kappa shape index (κ3) is 2.46. The summed E-state index contributed by atoms with van der Waals surface area (Å²) in [7, 11) is 0. The van der Waals surface area contributed by atoms with Crippen molar-refractivity contribution >= 4 is 23.5 Å². The van der Waals surface area contributed by atoms with Crippen molar-refractivity contribution in [3.05, 3.63) is 40.9 Å². The molecule has 0 aliphatic carbocycles. The Hall–Kier alpha value is -1.12. The van der Waals surface area contributed by atoms with Gasteiger partial charge in [0, 0.05) is 5.02 Å². The van der Waals surface area contributed by atoms with Crippen molar-refractivity contribution in [2.24, 2.45) is 0 Å². The molecule has 0 aromatic heterocycles. The van der Waals surface area contributed by atoms with Crippen LogP contribution in [-0.4, -0.2) is 18.0 Å². The molecule has 0 amide bonds. The van der Waals surface area contributed by atoms with E-state index in [1.807, 2.05) is 12.1 Å². The molecule has 2 nitrogen and oxygen atoms in total. The van der Waals surface area contributed by atoms with Crippen LogP contribution in [0.1, 0.15) is 12.5 Å². The first-order valence-corrected chi connectivity index (χ1v) is 5.10. The Bertz CT molecular complexity index is 402. The number of hydrogen-bond acceptors (Lipinski definition) is 2. The lowest BCUT2D eigenvalue weighted by molar-refractivity contribution is -0.118. The zero-order valence-corrected chi connectivity index (χ0v) is 9.12. The Kier molecular flexibility index (Phi) is 2.63. The molecule has 1 heterocycles. The van der Waals surface area contributed by atoms with Crippen molar-refractivity contribution in [2.75, 3.05) is 6.61 Å². The minimum absolute atomic E-state index is 0.0115. The number of rotatable bonds is 3. The predicted octanol–water partition coefficient (Wildman–Crippen LogP) is 2.71. The van der Waals surface area contributed by atoms with E-state index in [0.29, 0.717) is 11.6 Å². The molecule has 0 N–H and O–H groups in total. The first kappa shape index (κ1) is 10.4. The number of epoxide rings is 1. The highest BCUT2D eigenvalue weighted by Gasteiger charge is 2.45. The summed E-state index contributed by atoms with van der Waals surface area (Å²) in [6.07, 6.45) is 3.32. The Balaban J connectivity index is 2.05. The first-order valence-electron chi connectivity index (χ1n) is 4.72. The second-order valence-electron chi connectivity index (χ2n) is 3.77. The van der Waals surface area contributed by atoms with Crippen LogP contribution in [-0.2, 0) is 9.53 Å². The van der Waals surface area contributed by atoms with E-state index >= 15 is 0 Å². The Morgan fingerprint density at radius 3 is 2.60 bits per heavy atom. The highest BCUT2D eigenvalue weighted by atomic mass is 35.5. The SMILES string of the molecule is C[C@]1(C(=O)/C=C/c2ccc(Cl)cc2)CO1. The van der Waals surface area contributed by atoms with Crippen LogP contribution in [0.5, 0.6) is 0 Å². The van der Waals surface area contributed by atoms with Gasteiger partial charge in [-0.25, -0.2) is 0 Å². The average molecular weight is 223 g/mol. The minimum atomic E-state index is -0.567. The summed E-state index contributed by atoms with van der Waals surface area (Å²) in [5, 5.41) is 0.691. The normalized spacial score (nSPS) is 24.4. The molecule has 0 spiro atoms. The number of benzene rings is 1. The predicted molar refractivity (Wildman–Crippen MR) is 59.9 cm³/mol. The number of halogens is 1. The van der Waals surface area contributed by atoms with Gasteiger partial charge >= 0.3 is 0 Å². The molecule has 0 radical (unpaired) electrons. The Labute approximate surface area is 93.5 Å². The molecule has 1 saturated heterocycles. The van der Waals surface area contributed by atoms with Gasteiger partial charge in [-0.3, -0.25) is 4.79 Å². The van der Waals surface area contributed by atoms with Gasteiger partial charge in [0.25, 0.3) is 0 Å². The Morgan fingerprint density at radius 2 is 2.07 bits per heavy atom. The molecular formula is C12H11ClO2. The summed E-state index contributed by atoms with van der Waals surface area (Å²) in [5.74, 6) is 0.0115. The van der Waals surface area contributed by atoms with Gasteiger partial charge < -0.3 is 4.74 Å². The lowest BCUT2D eigenvalue weighted by Crippen LogP contribution is -2.17. The summed E-state index contributed by atoms with van der Waals surface area (Å²) in [6.45, 7) is 2.32. The monoisotopic (exact) mass is 222 g/mol. The zero-order valence-electron chi connectivity index (χ0n) is 8.37. The van der Waals surface area contributed by atoms with E-state index in [4.69, 9.17) is 16.3 Å². The molecule has 0 unspecified atom stereocenters. The highest BCUT2D eigenvalue weighted by molar-refractivity contribution is 6.30. The van der Waals surface area contributed by atoms with Gasteiger partial charge in [-0.2, -0.15) is 0 Å². The fourth-order valence-electron chi connectivity index (χ4n) is 1.17. The van der Waals surface area contributed by atoms with Crippen LogP contribution in [0.25, 0.3) is 6.08 Å². The topological polar surface area (TPSA) is 29.6 Å². The van der Waals surface area contributed by atoms with Gasteiger partial charge in [-0.05, 0) is 30.7 Å². The smallest absolute Gasteiger partial charge is 0.189 e. The maximum Gasteiger partial charge on any atom is 0.189 e. The van der Waals surface area contributed by atoms with E-state index in [0.717, 1.165) is 5.56 Å². The summed E-state index contributed by atoms with van der Waals surface area (Å²) in [4.78, 5) is 11.5. The van der Waals surface area contributed by atoms with Crippen LogP contribution in [0.4, 0.5) is 0 Å². The molecule has 1 aliphatic heterocycles. The molecule has 1 aromatic carbocycles. The Morgan fingerprint density at radius 1 is 1.47 bits per heavy atom. The van der Waals surface area contributed by atoms with Crippen molar-refractivity contribution in [3.8, 4) is 0 Å². The molecule has 78 valence electrons. The molecule has 15 heavy (non-hydrogen) atoms. The third-order valence-corrected chi connectivity index (χ3v) is 2.65. The van der Waals surface area contributed by atoms with Gasteiger partial charge in [-0.1, -0.05) is 29.8 Å². The molecule has 1 fully saturated rings. The van der Waals surface area contributed by atoms with Gasteiger partial charge in [0.05, 0.1) is 6.61 Å². The van der Waals surface area contributed by atoms with E-state index in [2.05, 4.69) is 0 Å². The number of carbonyl (C=O) groups excluding carboxylic acids is 1. The lowest BCUT2D eigenvalue weighted by atomic mass is 10.1. The lowest BCUT2D eigenvalue weighted by Gasteiger charge is -1.97. The van der Waals surface area contributed by atoms with Crippen LogP contribution in [0, 0.1) is 0 Å². The van der Waals surface area contributed by atoms with Crippen LogP contribution < -0.4 is 0 Å². The van der Waals surface area contributed by atoms with Gasteiger partial charge in [-0.15, -0.1) is 0 Å². The van der Waals surface area contributed by atoms with Crippen molar-refractivity contribution < 1.29 is 9.53 Å². The molecule has 3 heteroatoms. The van der Waals surface area contributed by atoms with Crippen molar-refractivity contribution in [3.63, 3.8) is 0 Å². The summed E-state index contributed by atoms with van der Waals surface area (Å²) >= 11 is 5.75. The van der Waals surface area contributed by atoms with Crippen LogP contribution >= 0.6 is 11.6 Å². The summed E-state index contributed by atoms with van der Waals surface area (Å²) in [6, 6.07) is 7.31. The molecule has 1 atom stereocenters. The second-order valence-corrected chi connectivity index (χ2v) is 4.21. The molecule has 1 aliphatic rings. The van der Waals surface area contributed by atoms with Crippen LogP contribution in [0.15, 0.2) is 30.3 Å². The summed E-state index contributed by atoms with van der Waals surface area (Å²) in [5.41, 5.74) is 0.389. The third-order valence-electron chi connectivity index (χ3n) is 2.40. The van der Waals surface area contributed by atoms with Crippen molar-refractivity contribution in [2.45, 2.75) is 12.5 Å². The number of carbonyl (C=O) groups is 1. The average Bonchev–Trinajstić information content (AvgIpc) is 2.97. The van der Waals surface area contributed by atoms with Crippen molar-refractivity contribution in [1.82, 2.24) is 0 Å². The second kappa shape index (κ2) is 3.80. The van der Waals surface area contributed by atoms with Crippen LogP contribution in [0.2, 0.25) is 5.02 Å². The quantitative estimate of drug-likeness (QED) is 0.581. The highest BCUT2D eigenvalue weighted by Crippen LogP contribution is 2.27. The van der Waals surface area contributed by atoms with Gasteiger partial charge in [0.2, 0.25) is 0 Å². The fraction of sp³-hybridized carbons (Fsp3) is 0.250. The maximum absolute atomic E-state index is 11.5. The van der Waals surface area contributed by atoms with E-state index in [1.165, 1.54) is 0 Å². The molecule has 0 saturated carbocycles. The van der Waals surface area contributed by atoms with E-state index in [-0.39, 0.29) is 5.78 Å². The molecule has 0 bridgehead atoms. The minimum Gasteiger partial charge on any atom is -0.361 e. The molecule has 1 aromatic rings.